The Kier molecular flexibility index (Phi) is 9.31. The molecule has 148 valence electrons. The van der Waals surface area contributed by atoms with Crippen LogP contribution in [0.25, 0.3) is 0 Å². The number of pyridine rings is 1. The fraction of sp³-hybridized carbons (Fsp3) is 0.333. The van der Waals surface area contributed by atoms with Crippen LogP contribution in [0.3, 0.4) is 0 Å². The van der Waals surface area contributed by atoms with Gasteiger partial charge in [0.15, 0.2) is 11.5 Å². The lowest BCUT2D eigenvalue weighted by molar-refractivity contribution is -0.117. The van der Waals surface area contributed by atoms with E-state index in [2.05, 4.69) is 15.6 Å². The Balaban J connectivity index is 0.00000182. The number of β-amino-alcohol motifs (C(OH)–C–C–N with tert-alkyl or cyclic N) is 1. The third-order valence-corrected chi connectivity index (χ3v) is 3.97. The maximum atomic E-state index is 12.2. The second-order valence-electron chi connectivity index (χ2n) is 5.86. The van der Waals surface area contributed by atoms with Gasteiger partial charge in [0.1, 0.15) is 6.61 Å². The summed E-state index contributed by atoms with van der Waals surface area (Å²) in [5.74, 6) is 0.930. The highest BCUT2D eigenvalue weighted by molar-refractivity contribution is 5.95. The highest BCUT2D eigenvalue weighted by atomic mass is 35.5. The van der Waals surface area contributed by atoms with E-state index < -0.39 is 12.1 Å². The van der Waals surface area contributed by atoms with Crippen LogP contribution in [0.1, 0.15) is 12.0 Å². The van der Waals surface area contributed by atoms with Crippen molar-refractivity contribution >= 4 is 36.4 Å². The molecule has 0 aliphatic carbocycles. The molecule has 9 heteroatoms. The van der Waals surface area contributed by atoms with Crippen LogP contribution in [0.5, 0.6) is 11.5 Å². The average Bonchev–Trinajstić information content (AvgIpc) is 3.07. The molecular weight excluding hydrogens is 393 g/mol. The fourth-order valence-electron chi connectivity index (χ4n) is 2.66. The van der Waals surface area contributed by atoms with E-state index in [0.717, 1.165) is 5.56 Å². The lowest BCUT2D eigenvalue weighted by Crippen LogP contribution is -2.35. The number of aliphatic hydroxyl groups excluding tert-OH is 1. The third kappa shape index (κ3) is 6.25. The molecule has 2 aromatic rings. The molecule has 0 bridgehead atoms. The van der Waals surface area contributed by atoms with Crippen molar-refractivity contribution in [2.45, 2.75) is 25.2 Å². The molecule has 1 aliphatic rings. The number of nitrogens with zero attached hydrogens (tertiary/aromatic N) is 1. The first-order valence-corrected chi connectivity index (χ1v) is 8.08. The minimum Gasteiger partial charge on any atom is -0.493 e. The van der Waals surface area contributed by atoms with Gasteiger partial charge in [-0.25, -0.2) is 0 Å². The number of hydrogen-bond donors (Lipinski definition) is 3. The number of aliphatic hydroxyl groups is 1. The van der Waals surface area contributed by atoms with E-state index >= 15 is 0 Å². The summed E-state index contributed by atoms with van der Waals surface area (Å²) in [5, 5.41) is 15.3. The summed E-state index contributed by atoms with van der Waals surface area (Å²) < 4.78 is 11.1. The van der Waals surface area contributed by atoms with Crippen LogP contribution in [0.2, 0.25) is 0 Å². The quantitative estimate of drug-likeness (QED) is 0.669. The number of aromatic nitrogens is 1. The number of amides is 1. The summed E-state index contributed by atoms with van der Waals surface area (Å²) in [7, 11) is 1.56. The first-order valence-electron chi connectivity index (χ1n) is 8.08. The third-order valence-electron chi connectivity index (χ3n) is 3.97. The van der Waals surface area contributed by atoms with E-state index in [1.807, 2.05) is 12.1 Å². The van der Waals surface area contributed by atoms with Crippen molar-refractivity contribution in [2.75, 3.05) is 19.0 Å². The van der Waals surface area contributed by atoms with E-state index in [0.29, 0.717) is 36.8 Å². The molecule has 1 amide bonds. The lowest BCUT2D eigenvalue weighted by Gasteiger charge is -2.14. The molecule has 1 aromatic carbocycles. The Morgan fingerprint density at radius 1 is 1.33 bits per heavy atom. The molecule has 2 unspecified atom stereocenters. The number of hydrogen-bond acceptors (Lipinski definition) is 6. The molecule has 3 N–H and O–H groups in total. The van der Waals surface area contributed by atoms with E-state index in [9.17, 15) is 9.90 Å². The van der Waals surface area contributed by atoms with Crippen LogP contribution in [0, 0.1) is 0 Å². The van der Waals surface area contributed by atoms with E-state index in [-0.39, 0.29) is 30.7 Å². The zero-order valence-corrected chi connectivity index (χ0v) is 16.4. The number of carbonyl (C=O) groups is 1. The van der Waals surface area contributed by atoms with Crippen LogP contribution in [-0.4, -0.2) is 41.8 Å². The Morgan fingerprint density at radius 2 is 2.15 bits per heavy atom. The Morgan fingerprint density at radius 3 is 2.78 bits per heavy atom. The summed E-state index contributed by atoms with van der Waals surface area (Å²) in [6.45, 7) is 0.776. The monoisotopic (exact) mass is 415 g/mol. The van der Waals surface area contributed by atoms with E-state index in [1.165, 1.54) is 0 Å². The van der Waals surface area contributed by atoms with E-state index in [4.69, 9.17) is 9.47 Å². The predicted molar refractivity (Wildman–Crippen MR) is 107 cm³/mol. The molecule has 0 spiro atoms. The predicted octanol–water partition coefficient (Wildman–Crippen LogP) is 2.17. The summed E-state index contributed by atoms with van der Waals surface area (Å²) in [5.41, 5.74) is 1.54. The zero-order chi connectivity index (χ0) is 17.6. The van der Waals surface area contributed by atoms with Crippen LogP contribution in [-0.2, 0) is 11.4 Å². The number of benzene rings is 1. The summed E-state index contributed by atoms with van der Waals surface area (Å²) in [6.07, 6.45) is 3.36. The van der Waals surface area contributed by atoms with Crippen molar-refractivity contribution < 1.29 is 19.4 Å². The molecule has 3 rings (SSSR count). The van der Waals surface area contributed by atoms with Crippen molar-refractivity contribution in [3.05, 3.63) is 48.3 Å². The largest absolute Gasteiger partial charge is 0.493 e. The number of halogens is 2. The standard InChI is InChI=1S/C18H21N3O4.2ClH/c1-24-16-5-4-13(21-18(23)15-8-14(22)10-20-15)7-17(16)25-11-12-3-2-6-19-9-12;;/h2-7,9,14-15,20,22H,8,10-11H2,1H3,(H,21,23);2*1H. The van der Waals surface area contributed by atoms with Gasteiger partial charge >= 0.3 is 0 Å². The molecule has 0 radical (unpaired) electrons. The highest BCUT2D eigenvalue weighted by Crippen LogP contribution is 2.31. The van der Waals surface area contributed by atoms with Gasteiger partial charge in [-0.1, -0.05) is 6.07 Å². The number of nitrogens with one attached hydrogen (secondary N) is 2. The van der Waals surface area contributed by atoms with Crippen molar-refractivity contribution in [3.63, 3.8) is 0 Å². The average molecular weight is 416 g/mol. The smallest absolute Gasteiger partial charge is 0.241 e. The van der Waals surface area contributed by atoms with Gasteiger partial charge < -0.3 is 25.2 Å². The van der Waals surface area contributed by atoms with Crippen molar-refractivity contribution in [1.82, 2.24) is 10.3 Å². The van der Waals surface area contributed by atoms with Gasteiger partial charge in [-0.2, -0.15) is 0 Å². The molecule has 1 aromatic heterocycles. The number of ether oxygens (including phenoxy) is 2. The Bertz CT molecular complexity index is 734. The zero-order valence-electron chi connectivity index (χ0n) is 14.8. The fourth-order valence-corrected chi connectivity index (χ4v) is 2.66. The molecule has 7 nitrogen and oxygen atoms in total. The van der Waals surface area contributed by atoms with Gasteiger partial charge in [0, 0.05) is 36.3 Å². The molecule has 1 saturated heterocycles. The topological polar surface area (TPSA) is 92.7 Å². The SMILES string of the molecule is COc1ccc(NC(=O)C2CC(O)CN2)cc1OCc1cccnc1.Cl.Cl. The van der Waals surface area contributed by atoms with E-state index in [1.54, 1.807) is 37.7 Å². The van der Waals surface area contributed by atoms with Gasteiger partial charge in [0.05, 0.1) is 19.3 Å². The molecule has 27 heavy (non-hydrogen) atoms. The van der Waals surface area contributed by atoms with Crippen molar-refractivity contribution in [3.8, 4) is 11.5 Å². The van der Waals surface area contributed by atoms with Crippen LogP contribution in [0.15, 0.2) is 42.7 Å². The van der Waals surface area contributed by atoms with Gasteiger partial charge in [-0.3, -0.25) is 9.78 Å². The van der Waals surface area contributed by atoms with Gasteiger partial charge in [-0.05, 0) is 24.6 Å². The normalized spacial score (nSPS) is 18.0. The molecule has 1 aliphatic heterocycles. The molecule has 0 saturated carbocycles. The number of rotatable bonds is 6. The maximum Gasteiger partial charge on any atom is 0.241 e. The Labute approximate surface area is 170 Å². The molecule has 2 heterocycles. The summed E-state index contributed by atoms with van der Waals surface area (Å²) >= 11 is 0. The van der Waals surface area contributed by atoms with Crippen molar-refractivity contribution in [2.24, 2.45) is 0 Å². The highest BCUT2D eigenvalue weighted by Gasteiger charge is 2.28. The van der Waals surface area contributed by atoms with Gasteiger partial charge in [-0.15, -0.1) is 24.8 Å². The summed E-state index contributed by atoms with van der Waals surface area (Å²) in [4.78, 5) is 16.3. The number of anilines is 1. The minimum absolute atomic E-state index is 0. The van der Waals surface area contributed by atoms with Crippen LogP contribution >= 0.6 is 24.8 Å². The number of methoxy groups -OCH3 is 1. The second kappa shape index (κ2) is 10.9. The molecule has 2 atom stereocenters. The van der Waals surface area contributed by atoms with Crippen molar-refractivity contribution in [1.29, 1.82) is 0 Å². The minimum atomic E-state index is -0.481. The van der Waals surface area contributed by atoms with Crippen LogP contribution in [0.4, 0.5) is 5.69 Å². The molecule has 1 fully saturated rings. The maximum absolute atomic E-state index is 12.2. The molecular formula is C18H23Cl2N3O4. The summed E-state index contributed by atoms with van der Waals surface area (Å²) in [6, 6.07) is 8.58. The number of carbonyl (C=O) groups excluding carboxylic acids is 1. The van der Waals surface area contributed by atoms with Gasteiger partial charge in [0.25, 0.3) is 0 Å². The van der Waals surface area contributed by atoms with Gasteiger partial charge in [0.2, 0.25) is 5.91 Å². The first kappa shape index (κ1) is 23.0. The van der Waals surface area contributed by atoms with Crippen LogP contribution < -0.4 is 20.1 Å². The Hall–Kier alpha value is -2.06. The first-order chi connectivity index (χ1) is 12.2. The second-order valence-corrected chi connectivity index (χ2v) is 5.86. The lowest BCUT2D eigenvalue weighted by atomic mass is 10.2.